The SMILES string of the molecule is CCCn1nc(C)c(CNCC(C)(O)c2cc(C)oc2C)c1C. The van der Waals surface area contributed by atoms with Crippen molar-refractivity contribution in [2.75, 3.05) is 6.54 Å². The third-order valence-electron chi connectivity index (χ3n) is 4.36. The highest BCUT2D eigenvalue weighted by Gasteiger charge is 2.27. The van der Waals surface area contributed by atoms with Crippen molar-refractivity contribution in [2.45, 2.75) is 66.7 Å². The lowest BCUT2D eigenvalue weighted by Crippen LogP contribution is -2.35. The second-order valence-corrected chi connectivity index (χ2v) is 6.58. The first kappa shape index (κ1) is 17.8. The van der Waals surface area contributed by atoms with E-state index in [4.69, 9.17) is 4.42 Å². The van der Waals surface area contributed by atoms with E-state index in [1.54, 1.807) is 0 Å². The molecule has 0 aliphatic heterocycles. The van der Waals surface area contributed by atoms with Gasteiger partial charge in [-0.3, -0.25) is 4.68 Å². The van der Waals surface area contributed by atoms with Crippen LogP contribution in [0, 0.1) is 27.7 Å². The average molecular weight is 319 g/mol. The third kappa shape index (κ3) is 3.85. The van der Waals surface area contributed by atoms with Crippen LogP contribution < -0.4 is 5.32 Å². The monoisotopic (exact) mass is 319 g/mol. The first-order valence-electron chi connectivity index (χ1n) is 8.29. The summed E-state index contributed by atoms with van der Waals surface area (Å²) in [6, 6.07) is 1.91. The summed E-state index contributed by atoms with van der Waals surface area (Å²) in [5.41, 5.74) is 3.36. The molecule has 0 saturated heterocycles. The van der Waals surface area contributed by atoms with Gasteiger partial charge < -0.3 is 14.8 Å². The van der Waals surface area contributed by atoms with Crippen molar-refractivity contribution in [3.05, 3.63) is 40.1 Å². The van der Waals surface area contributed by atoms with E-state index in [1.165, 1.54) is 11.3 Å². The molecule has 0 radical (unpaired) electrons. The van der Waals surface area contributed by atoms with Gasteiger partial charge in [0, 0.05) is 36.5 Å². The first-order valence-corrected chi connectivity index (χ1v) is 8.29. The second-order valence-electron chi connectivity index (χ2n) is 6.58. The Labute approximate surface area is 138 Å². The minimum Gasteiger partial charge on any atom is -0.466 e. The molecule has 0 spiro atoms. The molecule has 2 aromatic heterocycles. The highest BCUT2D eigenvalue weighted by atomic mass is 16.3. The van der Waals surface area contributed by atoms with Gasteiger partial charge in [-0.25, -0.2) is 0 Å². The van der Waals surface area contributed by atoms with Crippen molar-refractivity contribution < 1.29 is 9.52 Å². The van der Waals surface area contributed by atoms with E-state index in [2.05, 4.69) is 28.9 Å². The summed E-state index contributed by atoms with van der Waals surface area (Å²) in [4.78, 5) is 0. The molecule has 0 saturated carbocycles. The fourth-order valence-corrected chi connectivity index (χ4v) is 3.11. The van der Waals surface area contributed by atoms with Crippen molar-refractivity contribution in [3.63, 3.8) is 0 Å². The van der Waals surface area contributed by atoms with Gasteiger partial charge in [0.15, 0.2) is 0 Å². The van der Waals surface area contributed by atoms with Crippen molar-refractivity contribution in [1.82, 2.24) is 15.1 Å². The number of aromatic nitrogens is 2. The zero-order chi connectivity index (χ0) is 17.2. The van der Waals surface area contributed by atoms with Crippen molar-refractivity contribution >= 4 is 0 Å². The molecule has 0 aliphatic rings. The molecule has 0 bridgehead atoms. The Morgan fingerprint density at radius 2 is 2.00 bits per heavy atom. The van der Waals surface area contributed by atoms with Crippen molar-refractivity contribution in [2.24, 2.45) is 0 Å². The summed E-state index contributed by atoms with van der Waals surface area (Å²) in [7, 11) is 0. The standard InChI is InChI=1S/C18H29N3O2/c1-7-8-21-14(4)16(13(3)20-21)10-19-11-18(6,22)17-9-12(2)23-15(17)5/h9,19,22H,7-8,10-11H2,1-6H3. The molecule has 0 fully saturated rings. The molecule has 1 unspecified atom stereocenters. The average Bonchev–Trinajstić information content (AvgIpc) is 2.93. The lowest BCUT2D eigenvalue weighted by molar-refractivity contribution is 0.0551. The summed E-state index contributed by atoms with van der Waals surface area (Å²) < 4.78 is 7.60. The lowest BCUT2D eigenvalue weighted by atomic mass is 9.96. The molecule has 2 rings (SSSR count). The minimum absolute atomic E-state index is 0.463. The normalized spacial score (nSPS) is 14.2. The van der Waals surface area contributed by atoms with Gasteiger partial charge in [-0.1, -0.05) is 6.92 Å². The van der Waals surface area contributed by atoms with E-state index in [-0.39, 0.29) is 0 Å². The predicted molar refractivity (Wildman–Crippen MR) is 91.5 cm³/mol. The molecule has 0 aromatic carbocycles. The van der Waals surface area contributed by atoms with Crippen LogP contribution >= 0.6 is 0 Å². The first-order chi connectivity index (χ1) is 10.8. The number of rotatable bonds is 7. The maximum Gasteiger partial charge on any atom is 0.107 e. The van der Waals surface area contributed by atoms with Crippen LogP contribution in [0.15, 0.2) is 10.5 Å². The number of hydrogen-bond donors (Lipinski definition) is 2. The molecule has 5 heteroatoms. The Kier molecular flexibility index (Phi) is 5.32. The van der Waals surface area contributed by atoms with Crippen LogP contribution in [-0.4, -0.2) is 21.4 Å². The second kappa shape index (κ2) is 6.89. The zero-order valence-corrected chi connectivity index (χ0v) is 15.2. The van der Waals surface area contributed by atoms with Crippen LogP contribution in [0.4, 0.5) is 0 Å². The summed E-state index contributed by atoms with van der Waals surface area (Å²) in [5.74, 6) is 1.60. The van der Waals surface area contributed by atoms with Gasteiger partial charge in [0.25, 0.3) is 0 Å². The van der Waals surface area contributed by atoms with Gasteiger partial charge in [0.05, 0.1) is 5.69 Å². The highest BCUT2D eigenvalue weighted by Crippen LogP contribution is 2.26. The molecular formula is C18H29N3O2. The molecule has 5 nitrogen and oxygen atoms in total. The third-order valence-corrected chi connectivity index (χ3v) is 4.36. The molecule has 0 amide bonds. The molecular weight excluding hydrogens is 290 g/mol. The molecule has 23 heavy (non-hydrogen) atoms. The van der Waals surface area contributed by atoms with E-state index in [0.29, 0.717) is 13.1 Å². The Morgan fingerprint density at radius 3 is 2.57 bits per heavy atom. The molecule has 2 aromatic rings. The summed E-state index contributed by atoms with van der Waals surface area (Å²) in [5, 5.41) is 18.7. The number of aliphatic hydroxyl groups is 1. The van der Waals surface area contributed by atoms with Gasteiger partial charge in [0.2, 0.25) is 0 Å². The van der Waals surface area contributed by atoms with Gasteiger partial charge in [0.1, 0.15) is 17.1 Å². The molecule has 0 aliphatic carbocycles. The van der Waals surface area contributed by atoms with Crippen LogP contribution in [0.2, 0.25) is 0 Å². The van der Waals surface area contributed by atoms with E-state index in [1.807, 2.05) is 33.8 Å². The summed E-state index contributed by atoms with van der Waals surface area (Å²) in [6.45, 7) is 14.0. The largest absolute Gasteiger partial charge is 0.466 e. The molecule has 128 valence electrons. The van der Waals surface area contributed by atoms with E-state index < -0.39 is 5.60 Å². The topological polar surface area (TPSA) is 63.2 Å². The fourth-order valence-electron chi connectivity index (χ4n) is 3.11. The van der Waals surface area contributed by atoms with Gasteiger partial charge >= 0.3 is 0 Å². The van der Waals surface area contributed by atoms with Gasteiger partial charge in [-0.15, -0.1) is 0 Å². The quantitative estimate of drug-likeness (QED) is 0.823. The van der Waals surface area contributed by atoms with Crippen LogP contribution in [0.3, 0.4) is 0 Å². The van der Waals surface area contributed by atoms with E-state index in [9.17, 15) is 5.11 Å². The van der Waals surface area contributed by atoms with Crippen LogP contribution in [0.25, 0.3) is 0 Å². The maximum absolute atomic E-state index is 10.7. The smallest absolute Gasteiger partial charge is 0.107 e. The van der Waals surface area contributed by atoms with Crippen LogP contribution in [-0.2, 0) is 18.7 Å². The Morgan fingerprint density at radius 1 is 1.30 bits per heavy atom. The maximum atomic E-state index is 10.7. The number of aryl methyl sites for hydroxylation is 4. The minimum atomic E-state index is -0.955. The lowest BCUT2D eigenvalue weighted by Gasteiger charge is -2.23. The van der Waals surface area contributed by atoms with Gasteiger partial charge in [-0.05, 0) is 47.1 Å². The van der Waals surface area contributed by atoms with Gasteiger partial charge in [-0.2, -0.15) is 5.10 Å². The number of furan rings is 1. The number of nitrogens with one attached hydrogen (secondary N) is 1. The molecule has 2 heterocycles. The Bertz CT molecular complexity index is 668. The predicted octanol–water partition coefficient (Wildman–Crippen LogP) is 3.12. The number of hydrogen-bond acceptors (Lipinski definition) is 4. The molecule has 2 N–H and O–H groups in total. The van der Waals surface area contributed by atoms with Crippen molar-refractivity contribution in [3.8, 4) is 0 Å². The fraction of sp³-hybridized carbons (Fsp3) is 0.611. The Balaban J connectivity index is 2.03. The highest BCUT2D eigenvalue weighted by molar-refractivity contribution is 5.27. The van der Waals surface area contributed by atoms with Crippen LogP contribution in [0.1, 0.15) is 54.3 Å². The summed E-state index contributed by atoms with van der Waals surface area (Å²) >= 11 is 0. The van der Waals surface area contributed by atoms with E-state index in [0.717, 1.165) is 35.7 Å². The number of nitrogens with zero attached hydrogens (tertiary/aromatic N) is 2. The van der Waals surface area contributed by atoms with Crippen molar-refractivity contribution in [1.29, 1.82) is 0 Å². The molecule has 1 atom stereocenters. The van der Waals surface area contributed by atoms with Crippen LogP contribution in [0.5, 0.6) is 0 Å². The Hall–Kier alpha value is -1.59. The summed E-state index contributed by atoms with van der Waals surface area (Å²) in [6.07, 6.45) is 1.07. The van der Waals surface area contributed by atoms with E-state index >= 15 is 0 Å². The zero-order valence-electron chi connectivity index (χ0n) is 15.2.